The van der Waals surface area contributed by atoms with E-state index in [1.807, 2.05) is 0 Å². The second-order valence-corrected chi connectivity index (χ2v) is 7.65. The number of hydrogen-bond acceptors (Lipinski definition) is 3. The van der Waals surface area contributed by atoms with Gasteiger partial charge in [-0.2, -0.15) is 13.2 Å². The normalized spacial score (nSPS) is 13.8. The van der Waals surface area contributed by atoms with E-state index in [0.717, 1.165) is 11.1 Å². The summed E-state index contributed by atoms with van der Waals surface area (Å²) in [4.78, 5) is 23.2. The van der Waals surface area contributed by atoms with E-state index >= 15 is 0 Å². The minimum atomic E-state index is -4.99. The molecule has 0 heterocycles. The number of carbonyl (C=O) groups is 1. The average Bonchev–Trinajstić information content (AvgIpc) is 2.61. The summed E-state index contributed by atoms with van der Waals surface area (Å²) in [6.07, 6.45) is -6.01. The highest BCUT2D eigenvalue weighted by atomic mass is 19.4. The molecular formula is C22H24F3NO3. The van der Waals surface area contributed by atoms with Crippen molar-refractivity contribution in [1.82, 2.24) is 0 Å². The Bertz CT molecular complexity index is 949. The molecule has 4 nitrogen and oxygen atoms in total. The number of halogens is 3. The predicted octanol–water partition coefficient (Wildman–Crippen LogP) is 5.58. The average molecular weight is 407 g/mol. The van der Waals surface area contributed by atoms with Gasteiger partial charge in [0.25, 0.3) is 0 Å². The molecule has 29 heavy (non-hydrogen) atoms. The molecule has 0 bridgehead atoms. The van der Waals surface area contributed by atoms with Crippen molar-refractivity contribution in [2.45, 2.75) is 52.6 Å². The van der Waals surface area contributed by atoms with Crippen LogP contribution in [0.3, 0.4) is 0 Å². The van der Waals surface area contributed by atoms with E-state index in [0.29, 0.717) is 16.7 Å². The Kier molecular flexibility index (Phi) is 6.21. The molecule has 0 aliphatic carbocycles. The van der Waals surface area contributed by atoms with Gasteiger partial charge >= 0.3 is 6.18 Å². The van der Waals surface area contributed by atoms with E-state index in [1.165, 1.54) is 25.1 Å². The zero-order chi connectivity index (χ0) is 22.1. The summed E-state index contributed by atoms with van der Waals surface area (Å²) >= 11 is 0. The van der Waals surface area contributed by atoms with Crippen LogP contribution in [0.4, 0.5) is 13.2 Å². The van der Waals surface area contributed by atoms with Gasteiger partial charge in [-0.05, 0) is 62.4 Å². The number of aryl methyl sites for hydroxylation is 2. The van der Waals surface area contributed by atoms with Crippen molar-refractivity contribution in [1.29, 1.82) is 0 Å². The van der Waals surface area contributed by atoms with Crippen LogP contribution in [0.1, 0.15) is 50.2 Å². The number of ketones is 1. The van der Waals surface area contributed by atoms with E-state index < -0.39 is 35.3 Å². The van der Waals surface area contributed by atoms with Crippen LogP contribution in [0, 0.1) is 44.7 Å². The Labute approximate surface area is 167 Å². The monoisotopic (exact) mass is 407 g/mol. The third-order valence-electron chi connectivity index (χ3n) is 5.77. The van der Waals surface area contributed by atoms with Crippen molar-refractivity contribution in [3.05, 3.63) is 79.4 Å². The lowest BCUT2D eigenvalue weighted by Crippen LogP contribution is -2.50. The fraction of sp³-hybridized carbons (Fsp3) is 0.409. The minimum Gasteiger partial charge on any atom is -0.294 e. The molecule has 0 aliphatic rings. The maximum atomic E-state index is 14.4. The Balaban J connectivity index is 2.74. The molecule has 0 aliphatic heterocycles. The van der Waals surface area contributed by atoms with Gasteiger partial charge in [0.15, 0.2) is 11.2 Å². The summed E-state index contributed by atoms with van der Waals surface area (Å²) < 4.78 is 43.3. The summed E-state index contributed by atoms with van der Waals surface area (Å²) in [5, 5.41) is 11.3. The Morgan fingerprint density at radius 3 is 2.00 bits per heavy atom. The number of nitrogens with zero attached hydrogens (tertiary/aromatic N) is 1. The third kappa shape index (κ3) is 4.33. The first-order valence-corrected chi connectivity index (χ1v) is 9.16. The maximum absolute atomic E-state index is 14.4. The highest BCUT2D eigenvalue weighted by molar-refractivity contribution is 5.97. The van der Waals surface area contributed by atoms with Gasteiger partial charge in [-0.15, -0.1) is 0 Å². The quantitative estimate of drug-likeness (QED) is 0.357. The molecule has 2 rings (SSSR count). The molecule has 0 saturated carbocycles. The summed E-state index contributed by atoms with van der Waals surface area (Å²) in [7, 11) is 0. The predicted molar refractivity (Wildman–Crippen MR) is 105 cm³/mol. The first-order valence-electron chi connectivity index (χ1n) is 9.16. The molecule has 0 saturated heterocycles. The largest absolute Gasteiger partial charge is 0.405 e. The number of hydrogen-bond donors (Lipinski definition) is 0. The van der Waals surface area contributed by atoms with Gasteiger partial charge in [-0.3, -0.25) is 14.9 Å². The Morgan fingerprint density at radius 2 is 1.52 bits per heavy atom. The summed E-state index contributed by atoms with van der Waals surface area (Å²) in [6, 6.07) is 7.49. The van der Waals surface area contributed by atoms with Gasteiger partial charge in [0.2, 0.25) is 6.54 Å². The SMILES string of the molecule is Cc1ccc(C(=O)CC(C[N+](=O)[O-])(c2cc(C)c(C)c(C)c2C)C(F)(F)F)cc1. The van der Waals surface area contributed by atoms with Crippen LogP contribution in [0.25, 0.3) is 0 Å². The van der Waals surface area contributed by atoms with Crippen LogP contribution in [0.5, 0.6) is 0 Å². The van der Waals surface area contributed by atoms with Crippen molar-refractivity contribution in [2.24, 2.45) is 0 Å². The van der Waals surface area contributed by atoms with Crippen LogP contribution in [0.15, 0.2) is 30.3 Å². The molecule has 2 aromatic carbocycles. The number of benzene rings is 2. The molecule has 0 spiro atoms. The molecule has 156 valence electrons. The number of carbonyl (C=O) groups excluding carboxylic acids is 1. The first-order chi connectivity index (χ1) is 13.3. The molecule has 2 aromatic rings. The molecule has 7 heteroatoms. The van der Waals surface area contributed by atoms with Gasteiger partial charge in [-0.1, -0.05) is 35.9 Å². The number of nitro groups is 1. The van der Waals surface area contributed by atoms with Crippen molar-refractivity contribution in [3.63, 3.8) is 0 Å². The molecular weight excluding hydrogens is 383 g/mol. The van der Waals surface area contributed by atoms with Gasteiger partial charge < -0.3 is 0 Å². The van der Waals surface area contributed by atoms with E-state index in [1.54, 1.807) is 39.8 Å². The lowest BCUT2D eigenvalue weighted by atomic mass is 9.71. The van der Waals surface area contributed by atoms with Crippen molar-refractivity contribution < 1.29 is 22.9 Å². The van der Waals surface area contributed by atoms with Gasteiger partial charge in [0, 0.05) is 16.9 Å². The second-order valence-electron chi connectivity index (χ2n) is 7.65. The van der Waals surface area contributed by atoms with Gasteiger partial charge in [0.05, 0.1) is 0 Å². The van der Waals surface area contributed by atoms with E-state index in [9.17, 15) is 28.1 Å². The zero-order valence-corrected chi connectivity index (χ0v) is 17.1. The Morgan fingerprint density at radius 1 is 0.966 bits per heavy atom. The third-order valence-corrected chi connectivity index (χ3v) is 5.77. The molecule has 1 unspecified atom stereocenters. The highest BCUT2D eigenvalue weighted by Gasteiger charge is 2.61. The Hall–Kier alpha value is -2.70. The van der Waals surface area contributed by atoms with Crippen LogP contribution >= 0.6 is 0 Å². The fourth-order valence-corrected chi connectivity index (χ4v) is 3.62. The van der Waals surface area contributed by atoms with Gasteiger partial charge in [0.1, 0.15) is 0 Å². The molecule has 0 aromatic heterocycles. The van der Waals surface area contributed by atoms with E-state index in [-0.39, 0.29) is 11.1 Å². The van der Waals surface area contributed by atoms with E-state index in [2.05, 4.69) is 0 Å². The lowest BCUT2D eigenvalue weighted by molar-refractivity contribution is -0.501. The molecule has 0 fully saturated rings. The fourth-order valence-electron chi connectivity index (χ4n) is 3.62. The van der Waals surface area contributed by atoms with Crippen molar-refractivity contribution >= 4 is 5.78 Å². The number of alkyl halides is 3. The maximum Gasteiger partial charge on any atom is 0.405 e. The topological polar surface area (TPSA) is 60.2 Å². The molecule has 0 amide bonds. The molecule has 0 radical (unpaired) electrons. The zero-order valence-electron chi connectivity index (χ0n) is 17.1. The molecule has 0 N–H and O–H groups in total. The first kappa shape index (κ1) is 22.6. The standard InChI is InChI=1S/C22H24F3NO3/c1-13-6-8-18(9-7-13)20(27)11-21(12-26(28)29,22(23,24)25)19-10-14(2)15(3)16(4)17(19)5/h6-10H,11-12H2,1-5H3. The minimum absolute atomic E-state index is 0.103. The number of Topliss-reactive ketones (excluding diaryl/α,β-unsaturated/α-hetero) is 1. The van der Waals surface area contributed by atoms with Crippen LogP contribution in [-0.4, -0.2) is 23.4 Å². The summed E-state index contributed by atoms with van der Waals surface area (Å²) in [6.45, 7) is 7.06. The van der Waals surface area contributed by atoms with Crippen molar-refractivity contribution in [2.75, 3.05) is 6.54 Å². The van der Waals surface area contributed by atoms with E-state index in [4.69, 9.17) is 0 Å². The van der Waals surface area contributed by atoms with Gasteiger partial charge in [-0.25, -0.2) is 0 Å². The van der Waals surface area contributed by atoms with Crippen LogP contribution < -0.4 is 0 Å². The summed E-state index contributed by atoms with van der Waals surface area (Å²) in [5.41, 5.74) is 0.231. The van der Waals surface area contributed by atoms with Crippen LogP contribution in [-0.2, 0) is 5.41 Å². The van der Waals surface area contributed by atoms with Crippen LogP contribution in [0.2, 0.25) is 0 Å². The van der Waals surface area contributed by atoms with Crippen molar-refractivity contribution in [3.8, 4) is 0 Å². The lowest BCUT2D eigenvalue weighted by Gasteiger charge is -2.34. The molecule has 1 atom stereocenters. The second kappa shape index (κ2) is 7.97. The number of rotatable bonds is 6. The highest BCUT2D eigenvalue weighted by Crippen LogP contribution is 2.47. The smallest absolute Gasteiger partial charge is 0.294 e. The summed E-state index contributed by atoms with van der Waals surface area (Å²) in [5.74, 6) is -0.778.